The molecule has 0 aromatic heterocycles. The summed E-state index contributed by atoms with van der Waals surface area (Å²) in [5.41, 5.74) is 1.87. The first kappa shape index (κ1) is 18.4. The molecule has 0 aliphatic carbocycles. The molecule has 1 heterocycles. The molecule has 1 atom stereocenters. The molecule has 2 amide bonds. The molecular formula is C20H23ClN2O3. The maximum Gasteiger partial charge on any atom is 0.318 e. The highest BCUT2D eigenvalue weighted by Gasteiger charge is 2.32. The van der Waals surface area contributed by atoms with E-state index < -0.39 is 0 Å². The summed E-state index contributed by atoms with van der Waals surface area (Å²) in [4.78, 5) is 14.6. The Morgan fingerprint density at radius 1 is 1.23 bits per heavy atom. The van der Waals surface area contributed by atoms with Crippen LogP contribution in [0.25, 0.3) is 0 Å². The topological polar surface area (TPSA) is 50.8 Å². The van der Waals surface area contributed by atoms with E-state index in [4.69, 9.17) is 21.1 Å². The van der Waals surface area contributed by atoms with Gasteiger partial charge < -0.3 is 19.7 Å². The number of halogens is 1. The number of carbonyl (C=O) groups excluding carboxylic acids is 1. The van der Waals surface area contributed by atoms with Crippen molar-refractivity contribution in [3.05, 3.63) is 58.6 Å². The van der Waals surface area contributed by atoms with E-state index in [-0.39, 0.29) is 12.1 Å². The van der Waals surface area contributed by atoms with Gasteiger partial charge in [0.1, 0.15) is 11.5 Å². The Kier molecular flexibility index (Phi) is 5.89. The van der Waals surface area contributed by atoms with Crippen LogP contribution in [0.1, 0.15) is 30.0 Å². The predicted octanol–water partition coefficient (Wildman–Crippen LogP) is 4.40. The van der Waals surface area contributed by atoms with Crippen LogP contribution in [0.2, 0.25) is 5.02 Å². The Balaban J connectivity index is 1.75. The molecule has 1 saturated heterocycles. The van der Waals surface area contributed by atoms with E-state index in [1.807, 2.05) is 47.4 Å². The quantitative estimate of drug-likeness (QED) is 0.843. The number of hydrogen-bond donors (Lipinski definition) is 1. The minimum Gasteiger partial charge on any atom is -0.497 e. The second-order valence-electron chi connectivity index (χ2n) is 6.21. The van der Waals surface area contributed by atoms with Crippen molar-refractivity contribution >= 4 is 17.6 Å². The van der Waals surface area contributed by atoms with Gasteiger partial charge in [-0.1, -0.05) is 29.8 Å². The average Bonchev–Trinajstić information content (AvgIpc) is 3.16. The minimum atomic E-state index is -0.0997. The molecule has 2 aromatic carbocycles. The summed E-state index contributed by atoms with van der Waals surface area (Å²) in [7, 11) is 3.27. The Bertz CT molecular complexity index is 781. The number of likely N-dealkylation sites (tertiary alicyclic amines) is 1. The van der Waals surface area contributed by atoms with Gasteiger partial charge in [0, 0.05) is 23.7 Å². The van der Waals surface area contributed by atoms with E-state index in [0.29, 0.717) is 18.1 Å². The van der Waals surface area contributed by atoms with Gasteiger partial charge in [0.2, 0.25) is 0 Å². The normalized spacial score (nSPS) is 16.4. The molecular weight excluding hydrogens is 352 g/mol. The molecule has 26 heavy (non-hydrogen) atoms. The van der Waals surface area contributed by atoms with Crippen LogP contribution < -0.4 is 14.8 Å². The first-order chi connectivity index (χ1) is 12.6. The van der Waals surface area contributed by atoms with Gasteiger partial charge in [0.05, 0.1) is 20.3 Å². The predicted molar refractivity (Wildman–Crippen MR) is 102 cm³/mol. The van der Waals surface area contributed by atoms with Crippen molar-refractivity contribution in [2.75, 3.05) is 20.8 Å². The number of nitrogens with zero attached hydrogens (tertiary/aromatic N) is 1. The SMILES string of the molecule is COc1ccc(OC)c(C2CCCN2C(=O)NCc2ccccc2Cl)c1. The molecule has 1 N–H and O–H groups in total. The third-order valence-corrected chi connectivity index (χ3v) is 5.07. The minimum absolute atomic E-state index is 0.0358. The Morgan fingerprint density at radius 2 is 2.04 bits per heavy atom. The van der Waals surface area contributed by atoms with Gasteiger partial charge in [-0.25, -0.2) is 4.79 Å². The first-order valence-electron chi connectivity index (χ1n) is 8.64. The van der Waals surface area contributed by atoms with Crippen LogP contribution in [0.3, 0.4) is 0 Å². The lowest BCUT2D eigenvalue weighted by atomic mass is 10.0. The van der Waals surface area contributed by atoms with Gasteiger partial charge in [0.15, 0.2) is 0 Å². The monoisotopic (exact) mass is 374 g/mol. The highest BCUT2D eigenvalue weighted by molar-refractivity contribution is 6.31. The van der Waals surface area contributed by atoms with Crippen LogP contribution in [-0.4, -0.2) is 31.7 Å². The van der Waals surface area contributed by atoms with Crippen molar-refractivity contribution in [3.63, 3.8) is 0 Å². The van der Waals surface area contributed by atoms with Gasteiger partial charge in [-0.05, 0) is 42.7 Å². The number of nitrogens with one attached hydrogen (secondary N) is 1. The van der Waals surface area contributed by atoms with Crippen molar-refractivity contribution < 1.29 is 14.3 Å². The second kappa shape index (κ2) is 8.32. The van der Waals surface area contributed by atoms with Crippen LogP contribution in [0, 0.1) is 0 Å². The Hall–Kier alpha value is -2.40. The molecule has 2 aromatic rings. The lowest BCUT2D eigenvalue weighted by molar-refractivity contribution is 0.191. The molecule has 0 radical (unpaired) electrons. The van der Waals surface area contributed by atoms with E-state index in [0.717, 1.165) is 35.5 Å². The fourth-order valence-electron chi connectivity index (χ4n) is 3.35. The number of urea groups is 1. The molecule has 3 rings (SSSR count). The van der Waals surface area contributed by atoms with Crippen molar-refractivity contribution in [2.45, 2.75) is 25.4 Å². The standard InChI is InChI=1S/C20H23ClN2O3/c1-25-15-9-10-19(26-2)16(12-15)18-8-5-11-23(18)20(24)22-13-14-6-3-4-7-17(14)21/h3-4,6-7,9-10,12,18H,5,8,11,13H2,1-2H3,(H,22,24). The van der Waals surface area contributed by atoms with Gasteiger partial charge in [0.25, 0.3) is 0 Å². The van der Waals surface area contributed by atoms with Crippen LogP contribution in [-0.2, 0) is 6.54 Å². The zero-order valence-electron chi connectivity index (χ0n) is 15.0. The van der Waals surface area contributed by atoms with E-state index in [1.165, 1.54) is 0 Å². The zero-order chi connectivity index (χ0) is 18.5. The summed E-state index contributed by atoms with van der Waals surface area (Å²) in [6.45, 7) is 1.11. The van der Waals surface area contributed by atoms with Gasteiger partial charge >= 0.3 is 6.03 Å². The number of methoxy groups -OCH3 is 2. The Labute approximate surface area is 158 Å². The smallest absolute Gasteiger partial charge is 0.318 e. The van der Waals surface area contributed by atoms with Crippen molar-refractivity contribution in [3.8, 4) is 11.5 Å². The number of ether oxygens (including phenoxy) is 2. The highest BCUT2D eigenvalue weighted by Crippen LogP contribution is 2.38. The van der Waals surface area contributed by atoms with Crippen LogP contribution in [0.15, 0.2) is 42.5 Å². The number of carbonyl (C=O) groups is 1. The summed E-state index contributed by atoms with van der Waals surface area (Å²) in [5.74, 6) is 1.52. The summed E-state index contributed by atoms with van der Waals surface area (Å²) in [6, 6.07) is 13.1. The zero-order valence-corrected chi connectivity index (χ0v) is 15.8. The molecule has 0 bridgehead atoms. The first-order valence-corrected chi connectivity index (χ1v) is 9.01. The fourth-order valence-corrected chi connectivity index (χ4v) is 3.55. The lowest BCUT2D eigenvalue weighted by Gasteiger charge is -2.27. The number of benzene rings is 2. The van der Waals surface area contributed by atoms with Crippen LogP contribution in [0.4, 0.5) is 4.79 Å². The molecule has 138 valence electrons. The van der Waals surface area contributed by atoms with Crippen molar-refractivity contribution in [2.24, 2.45) is 0 Å². The third-order valence-electron chi connectivity index (χ3n) is 4.70. The van der Waals surface area contributed by atoms with Gasteiger partial charge in [-0.3, -0.25) is 0 Å². The fraction of sp³-hybridized carbons (Fsp3) is 0.350. The molecule has 1 aliphatic rings. The third kappa shape index (κ3) is 3.88. The van der Waals surface area contributed by atoms with E-state index in [2.05, 4.69) is 5.32 Å². The lowest BCUT2D eigenvalue weighted by Crippen LogP contribution is -2.39. The second-order valence-corrected chi connectivity index (χ2v) is 6.62. The largest absolute Gasteiger partial charge is 0.497 e. The average molecular weight is 375 g/mol. The summed E-state index contributed by atoms with van der Waals surface area (Å²) in [6.07, 6.45) is 1.84. The molecule has 5 nitrogen and oxygen atoms in total. The molecule has 6 heteroatoms. The molecule has 1 fully saturated rings. The van der Waals surface area contributed by atoms with Crippen molar-refractivity contribution in [1.82, 2.24) is 10.2 Å². The van der Waals surface area contributed by atoms with Crippen LogP contribution in [0.5, 0.6) is 11.5 Å². The Morgan fingerprint density at radius 3 is 2.77 bits per heavy atom. The van der Waals surface area contributed by atoms with Crippen molar-refractivity contribution in [1.29, 1.82) is 0 Å². The summed E-state index contributed by atoms with van der Waals surface area (Å²) < 4.78 is 10.8. The summed E-state index contributed by atoms with van der Waals surface area (Å²) in [5, 5.41) is 3.63. The van der Waals surface area contributed by atoms with Crippen LogP contribution >= 0.6 is 11.6 Å². The highest BCUT2D eigenvalue weighted by atomic mass is 35.5. The van der Waals surface area contributed by atoms with Gasteiger partial charge in [-0.15, -0.1) is 0 Å². The van der Waals surface area contributed by atoms with E-state index in [1.54, 1.807) is 14.2 Å². The maximum absolute atomic E-state index is 12.8. The molecule has 1 aliphatic heterocycles. The van der Waals surface area contributed by atoms with E-state index in [9.17, 15) is 4.79 Å². The van der Waals surface area contributed by atoms with Gasteiger partial charge in [-0.2, -0.15) is 0 Å². The molecule has 0 spiro atoms. The molecule has 1 unspecified atom stereocenters. The number of rotatable bonds is 5. The number of hydrogen-bond acceptors (Lipinski definition) is 3. The maximum atomic E-state index is 12.8. The summed E-state index contributed by atoms with van der Waals surface area (Å²) >= 11 is 6.17. The number of amides is 2. The molecule has 0 saturated carbocycles. The van der Waals surface area contributed by atoms with E-state index >= 15 is 0 Å².